The van der Waals surface area contributed by atoms with Crippen molar-refractivity contribution >= 4 is 28.3 Å². The molecule has 0 aromatic heterocycles. The number of carbonyl (C=O) groups is 2. The Hall–Kier alpha value is -3.48. The van der Waals surface area contributed by atoms with E-state index in [1.807, 2.05) is 42.5 Å². The molecule has 1 N–H and O–H groups in total. The van der Waals surface area contributed by atoms with Crippen LogP contribution in [0.1, 0.15) is 28.8 Å². The minimum absolute atomic E-state index is 0.0339. The summed E-state index contributed by atoms with van der Waals surface area (Å²) in [5.41, 5.74) is 1.56. The van der Waals surface area contributed by atoms with E-state index in [1.165, 1.54) is 6.07 Å². The van der Waals surface area contributed by atoms with E-state index in [1.54, 1.807) is 24.0 Å². The van der Waals surface area contributed by atoms with Gasteiger partial charge in [-0.05, 0) is 48.7 Å². The summed E-state index contributed by atoms with van der Waals surface area (Å²) in [5.74, 6) is -0.438. The number of piperidine rings is 1. The molecule has 0 atom stereocenters. The Balaban J connectivity index is 1.39. The summed E-state index contributed by atoms with van der Waals surface area (Å²) in [7, 11) is 0. The molecule has 0 aliphatic carbocycles. The van der Waals surface area contributed by atoms with E-state index < -0.39 is 6.61 Å². The van der Waals surface area contributed by atoms with Gasteiger partial charge in [0.1, 0.15) is 5.75 Å². The van der Waals surface area contributed by atoms with Gasteiger partial charge in [0, 0.05) is 35.8 Å². The minimum atomic E-state index is -2.93. The van der Waals surface area contributed by atoms with Crippen molar-refractivity contribution in [1.29, 1.82) is 0 Å². The molecule has 5 nitrogen and oxygen atoms in total. The van der Waals surface area contributed by atoms with Crippen molar-refractivity contribution in [2.75, 3.05) is 18.4 Å². The van der Waals surface area contributed by atoms with Crippen LogP contribution in [0.5, 0.6) is 5.75 Å². The fourth-order valence-electron chi connectivity index (χ4n) is 4.14. The number of halogens is 2. The van der Waals surface area contributed by atoms with Gasteiger partial charge in [0.25, 0.3) is 5.91 Å². The number of rotatable bonds is 5. The number of fused-ring (bicyclic) bond motifs is 1. The lowest BCUT2D eigenvalue weighted by Crippen LogP contribution is -2.41. The lowest BCUT2D eigenvalue weighted by molar-refractivity contribution is -0.121. The monoisotopic (exact) mass is 438 g/mol. The van der Waals surface area contributed by atoms with Crippen LogP contribution in [-0.2, 0) is 4.79 Å². The van der Waals surface area contributed by atoms with Crippen LogP contribution < -0.4 is 10.1 Å². The van der Waals surface area contributed by atoms with Crippen LogP contribution in [-0.4, -0.2) is 36.4 Å². The molecule has 0 unspecified atom stereocenters. The van der Waals surface area contributed by atoms with Gasteiger partial charge in [-0.15, -0.1) is 0 Å². The number of nitrogens with one attached hydrogen (secondary N) is 1. The van der Waals surface area contributed by atoms with E-state index in [9.17, 15) is 18.4 Å². The highest BCUT2D eigenvalue weighted by Crippen LogP contribution is 2.29. The third-order valence-electron chi connectivity index (χ3n) is 5.93. The first-order chi connectivity index (χ1) is 15.4. The molecule has 0 bridgehead atoms. The summed E-state index contributed by atoms with van der Waals surface area (Å²) in [6.07, 6.45) is 1.07. The second-order valence-corrected chi connectivity index (χ2v) is 7.89. The molecule has 3 aromatic carbocycles. The van der Waals surface area contributed by atoms with E-state index in [0.717, 1.165) is 10.8 Å². The smallest absolute Gasteiger partial charge is 0.387 e. The quantitative estimate of drug-likeness (QED) is 0.593. The van der Waals surface area contributed by atoms with E-state index in [4.69, 9.17) is 0 Å². The van der Waals surface area contributed by atoms with E-state index in [0.29, 0.717) is 42.7 Å². The Labute approximate surface area is 185 Å². The van der Waals surface area contributed by atoms with Crippen molar-refractivity contribution in [1.82, 2.24) is 4.90 Å². The van der Waals surface area contributed by atoms with Crippen LogP contribution >= 0.6 is 0 Å². The third-order valence-corrected chi connectivity index (χ3v) is 5.93. The summed E-state index contributed by atoms with van der Waals surface area (Å²) in [6.45, 7) is -0.344. The molecule has 0 radical (unpaired) electrons. The Morgan fingerprint density at radius 2 is 1.69 bits per heavy atom. The molecule has 7 heteroatoms. The van der Waals surface area contributed by atoms with Gasteiger partial charge in [0.2, 0.25) is 5.91 Å². The molecule has 0 spiro atoms. The number of hydrogen-bond donors (Lipinski definition) is 1. The van der Waals surface area contributed by atoms with Gasteiger partial charge in [0.05, 0.1) is 0 Å². The summed E-state index contributed by atoms with van der Waals surface area (Å²) < 4.78 is 29.6. The molecule has 2 amide bonds. The number of carbonyl (C=O) groups excluding carboxylic acids is 2. The maximum absolute atomic E-state index is 13.1. The van der Waals surface area contributed by atoms with Gasteiger partial charge in [-0.25, -0.2) is 0 Å². The van der Waals surface area contributed by atoms with Crippen LogP contribution in [0.2, 0.25) is 0 Å². The van der Waals surface area contributed by atoms with Crippen LogP contribution in [0.3, 0.4) is 0 Å². The first kappa shape index (κ1) is 21.7. The zero-order valence-electron chi connectivity index (χ0n) is 17.7. The Morgan fingerprint density at radius 1 is 1.00 bits per heavy atom. The molecule has 1 saturated heterocycles. The Bertz CT molecular complexity index is 1140. The molecule has 1 fully saturated rings. The van der Waals surface area contributed by atoms with Crippen molar-refractivity contribution in [2.45, 2.75) is 26.4 Å². The first-order valence-corrected chi connectivity index (χ1v) is 10.6. The fraction of sp³-hybridized carbons (Fsp3) is 0.280. The number of likely N-dealkylation sites (tertiary alicyclic amines) is 1. The van der Waals surface area contributed by atoms with Crippen molar-refractivity contribution in [2.24, 2.45) is 5.92 Å². The fourth-order valence-corrected chi connectivity index (χ4v) is 4.14. The topological polar surface area (TPSA) is 58.6 Å². The number of alkyl halides is 2. The standard InChI is InChI=1S/C25H24F2N2O3/c1-16-21(10-5-11-22(16)32-25(26)27)28-23(30)18-12-14-29(15-13-18)24(31)20-9-4-7-17-6-2-3-8-19(17)20/h2-11,18,25H,12-15H2,1H3,(H,28,30). The normalized spacial score (nSPS) is 14.6. The maximum Gasteiger partial charge on any atom is 0.387 e. The van der Waals surface area contributed by atoms with Gasteiger partial charge in [0.15, 0.2) is 0 Å². The van der Waals surface area contributed by atoms with Crippen molar-refractivity contribution in [3.8, 4) is 5.75 Å². The second-order valence-electron chi connectivity index (χ2n) is 7.89. The average Bonchev–Trinajstić information content (AvgIpc) is 2.80. The van der Waals surface area contributed by atoms with Gasteiger partial charge in [-0.2, -0.15) is 8.78 Å². The molecule has 3 aromatic rings. The number of hydrogen-bond acceptors (Lipinski definition) is 3. The van der Waals surface area contributed by atoms with Crippen LogP contribution in [0.25, 0.3) is 10.8 Å². The van der Waals surface area contributed by atoms with Crippen molar-refractivity contribution in [3.05, 3.63) is 71.8 Å². The lowest BCUT2D eigenvalue weighted by atomic mass is 9.94. The number of anilines is 1. The van der Waals surface area contributed by atoms with Gasteiger partial charge in [-0.3, -0.25) is 9.59 Å². The van der Waals surface area contributed by atoms with Gasteiger partial charge >= 0.3 is 6.61 Å². The zero-order valence-corrected chi connectivity index (χ0v) is 17.7. The van der Waals surface area contributed by atoms with Crippen LogP contribution in [0, 0.1) is 12.8 Å². The third kappa shape index (κ3) is 4.56. The Morgan fingerprint density at radius 3 is 2.44 bits per heavy atom. The van der Waals surface area contributed by atoms with Crippen LogP contribution in [0.15, 0.2) is 60.7 Å². The van der Waals surface area contributed by atoms with E-state index >= 15 is 0 Å². The summed E-state index contributed by atoms with van der Waals surface area (Å²) in [4.78, 5) is 27.7. The molecule has 32 heavy (non-hydrogen) atoms. The molecular formula is C25H24F2N2O3. The molecule has 1 aliphatic rings. The zero-order chi connectivity index (χ0) is 22.7. The predicted molar refractivity (Wildman–Crippen MR) is 119 cm³/mol. The minimum Gasteiger partial charge on any atom is -0.434 e. The number of ether oxygens (including phenoxy) is 1. The number of nitrogens with zero attached hydrogens (tertiary/aromatic N) is 1. The predicted octanol–water partition coefficient (Wildman–Crippen LogP) is 5.24. The van der Waals surface area contributed by atoms with Crippen LogP contribution in [0.4, 0.5) is 14.5 Å². The lowest BCUT2D eigenvalue weighted by Gasteiger charge is -2.31. The van der Waals surface area contributed by atoms with E-state index in [-0.39, 0.29) is 23.5 Å². The number of amides is 2. The van der Waals surface area contributed by atoms with E-state index in [2.05, 4.69) is 10.1 Å². The second kappa shape index (κ2) is 9.34. The first-order valence-electron chi connectivity index (χ1n) is 10.6. The van der Waals surface area contributed by atoms with Crippen molar-refractivity contribution < 1.29 is 23.1 Å². The van der Waals surface area contributed by atoms with Gasteiger partial charge < -0.3 is 15.0 Å². The molecule has 1 aliphatic heterocycles. The highest BCUT2D eigenvalue weighted by Gasteiger charge is 2.28. The molecule has 4 rings (SSSR count). The molecular weight excluding hydrogens is 414 g/mol. The SMILES string of the molecule is Cc1c(NC(=O)C2CCN(C(=O)c3cccc4ccccc34)CC2)cccc1OC(F)F. The molecule has 0 saturated carbocycles. The largest absolute Gasteiger partial charge is 0.434 e. The summed E-state index contributed by atoms with van der Waals surface area (Å²) >= 11 is 0. The van der Waals surface area contributed by atoms with Crippen molar-refractivity contribution in [3.63, 3.8) is 0 Å². The summed E-state index contributed by atoms with van der Waals surface area (Å²) in [5, 5.41) is 4.76. The highest BCUT2D eigenvalue weighted by atomic mass is 19.3. The average molecular weight is 438 g/mol. The molecule has 1 heterocycles. The Kier molecular flexibility index (Phi) is 6.35. The molecule has 166 valence electrons. The highest BCUT2D eigenvalue weighted by molar-refractivity contribution is 6.07. The maximum atomic E-state index is 13.1. The number of benzene rings is 3. The van der Waals surface area contributed by atoms with Gasteiger partial charge in [-0.1, -0.05) is 42.5 Å². The summed E-state index contributed by atoms with van der Waals surface area (Å²) in [6, 6.07) is 18.1.